The number of aliphatic carboxylic acids is 1. The number of rotatable bonds is 4. The fourth-order valence-electron chi connectivity index (χ4n) is 2.63. The molecule has 0 radical (unpaired) electrons. The summed E-state index contributed by atoms with van der Waals surface area (Å²) < 4.78 is 20.8. The Morgan fingerprint density at radius 3 is 2.42 bits per heavy atom. The van der Waals surface area contributed by atoms with E-state index in [4.69, 9.17) is 23.7 Å². The largest absolute Gasteiger partial charge is 0.493 e. The molecule has 5 atom stereocenters. The maximum absolute atomic E-state index is 11.5. The zero-order valence-corrected chi connectivity index (χ0v) is 13.4. The van der Waals surface area contributed by atoms with Gasteiger partial charge in [0.2, 0.25) is 12.0 Å². The molecule has 0 unspecified atom stereocenters. The first-order chi connectivity index (χ1) is 12.3. The Balaban J connectivity index is 2.03. The van der Waals surface area contributed by atoms with Crippen LogP contribution in [0.1, 0.15) is 0 Å². The summed E-state index contributed by atoms with van der Waals surface area (Å²) in [4.78, 5) is 22.7. The summed E-state index contributed by atoms with van der Waals surface area (Å²) in [6.45, 7) is 0. The van der Waals surface area contributed by atoms with Crippen molar-refractivity contribution in [3.05, 3.63) is 34.7 Å². The van der Waals surface area contributed by atoms with Gasteiger partial charge in [0.15, 0.2) is 17.4 Å². The number of hydrogen-bond donors (Lipinski definition) is 4. The fraction of sp³-hybridized carbons (Fsp3) is 0.375. The highest BCUT2D eigenvalue weighted by atomic mass is 16.7. The second-order valence-corrected chi connectivity index (χ2v) is 5.62. The van der Waals surface area contributed by atoms with Gasteiger partial charge >= 0.3 is 11.6 Å². The number of aliphatic hydroxyl groups is 3. The molecule has 0 bridgehead atoms. The SMILES string of the molecule is COc1ccc2ccc(=O)oc2c1O[C@@H]1O[C@H](C(=O)O)[C@@H](O)[C@H](O)[C@H]1O. The van der Waals surface area contributed by atoms with Crippen LogP contribution in [0.15, 0.2) is 33.5 Å². The average molecular weight is 368 g/mol. The molecule has 0 amide bonds. The van der Waals surface area contributed by atoms with E-state index in [-0.39, 0.29) is 17.1 Å². The molecule has 0 spiro atoms. The fourth-order valence-corrected chi connectivity index (χ4v) is 2.63. The lowest BCUT2D eigenvalue weighted by molar-refractivity contribution is -0.271. The maximum Gasteiger partial charge on any atom is 0.336 e. The minimum atomic E-state index is -1.85. The normalized spacial score (nSPS) is 28.7. The number of carboxylic acids is 1. The Morgan fingerprint density at radius 1 is 1.08 bits per heavy atom. The second-order valence-electron chi connectivity index (χ2n) is 5.62. The summed E-state index contributed by atoms with van der Waals surface area (Å²) in [5.74, 6) is -1.55. The van der Waals surface area contributed by atoms with Crippen molar-refractivity contribution in [2.24, 2.45) is 0 Å². The first-order valence-electron chi connectivity index (χ1n) is 7.53. The van der Waals surface area contributed by atoms with Crippen molar-refractivity contribution < 1.29 is 43.8 Å². The van der Waals surface area contributed by atoms with Gasteiger partial charge in [-0.25, -0.2) is 9.59 Å². The van der Waals surface area contributed by atoms with Gasteiger partial charge in [0.05, 0.1) is 7.11 Å². The van der Waals surface area contributed by atoms with Gasteiger partial charge in [-0.2, -0.15) is 0 Å². The molecule has 0 saturated carbocycles. The van der Waals surface area contributed by atoms with Gasteiger partial charge in [-0.05, 0) is 18.2 Å². The lowest BCUT2D eigenvalue weighted by Crippen LogP contribution is -2.61. The molecule has 26 heavy (non-hydrogen) atoms. The summed E-state index contributed by atoms with van der Waals surface area (Å²) in [5, 5.41) is 39.2. The number of methoxy groups -OCH3 is 1. The first-order valence-corrected chi connectivity index (χ1v) is 7.53. The Kier molecular flexibility index (Phi) is 4.83. The molecule has 2 aromatic rings. The number of aliphatic hydroxyl groups excluding tert-OH is 3. The van der Waals surface area contributed by atoms with Crippen LogP contribution in [0.4, 0.5) is 0 Å². The molecule has 10 heteroatoms. The molecule has 0 aliphatic carbocycles. The van der Waals surface area contributed by atoms with Gasteiger partial charge in [-0.3, -0.25) is 0 Å². The van der Waals surface area contributed by atoms with E-state index in [0.29, 0.717) is 5.39 Å². The van der Waals surface area contributed by atoms with Crippen LogP contribution < -0.4 is 15.1 Å². The van der Waals surface area contributed by atoms with E-state index < -0.39 is 42.3 Å². The summed E-state index contributed by atoms with van der Waals surface area (Å²) >= 11 is 0. The van der Waals surface area contributed by atoms with Gasteiger partial charge in [-0.1, -0.05) is 0 Å². The maximum atomic E-state index is 11.5. The minimum Gasteiger partial charge on any atom is -0.493 e. The van der Waals surface area contributed by atoms with Crippen molar-refractivity contribution in [3.8, 4) is 11.5 Å². The van der Waals surface area contributed by atoms with E-state index in [1.165, 1.54) is 25.3 Å². The highest BCUT2D eigenvalue weighted by molar-refractivity contribution is 5.85. The van der Waals surface area contributed by atoms with Crippen LogP contribution in [-0.2, 0) is 9.53 Å². The number of benzene rings is 1. The lowest BCUT2D eigenvalue weighted by atomic mass is 9.99. The van der Waals surface area contributed by atoms with Gasteiger partial charge < -0.3 is 39.1 Å². The highest BCUT2D eigenvalue weighted by Crippen LogP contribution is 2.37. The minimum absolute atomic E-state index is 0.0138. The van der Waals surface area contributed by atoms with Gasteiger partial charge in [-0.15, -0.1) is 0 Å². The van der Waals surface area contributed by atoms with E-state index >= 15 is 0 Å². The molecule has 3 rings (SSSR count). The van der Waals surface area contributed by atoms with Crippen molar-refractivity contribution in [2.75, 3.05) is 7.11 Å². The Morgan fingerprint density at radius 2 is 1.77 bits per heavy atom. The zero-order chi connectivity index (χ0) is 19.0. The van der Waals surface area contributed by atoms with Crippen molar-refractivity contribution in [3.63, 3.8) is 0 Å². The van der Waals surface area contributed by atoms with Crippen molar-refractivity contribution >= 4 is 16.9 Å². The van der Waals surface area contributed by atoms with Crippen molar-refractivity contribution in [1.82, 2.24) is 0 Å². The standard InChI is InChI=1S/C16H16O10/c1-23-7-4-2-6-3-5-8(17)24-12(6)13(7)25-16-11(20)9(18)10(19)14(26-16)15(21)22/h2-5,9-11,14,16,18-20H,1H3,(H,21,22)/t9-,10-,11+,14-,16+/m0/s1. The summed E-state index contributed by atoms with van der Waals surface area (Å²) in [6, 6.07) is 5.78. The van der Waals surface area contributed by atoms with E-state index in [1.54, 1.807) is 6.07 Å². The molecule has 2 heterocycles. The van der Waals surface area contributed by atoms with Crippen LogP contribution in [0.25, 0.3) is 11.0 Å². The topological polar surface area (TPSA) is 156 Å². The van der Waals surface area contributed by atoms with Crippen LogP contribution in [0, 0.1) is 0 Å². The predicted molar refractivity (Wildman–Crippen MR) is 84.0 cm³/mol. The number of hydrogen-bond acceptors (Lipinski definition) is 9. The number of fused-ring (bicyclic) bond motifs is 1. The van der Waals surface area contributed by atoms with E-state index in [1.807, 2.05) is 0 Å². The molecular formula is C16H16O10. The molecule has 10 nitrogen and oxygen atoms in total. The molecule has 1 aliphatic rings. The molecule has 4 N–H and O–H groups in total. The van der Waals surface area contributed by atoms with Crippen LogP contribution in [0.2, 0.25) is 0 Å². The average Bonchev–Trinajstić information content (AvgIpc) is 2.61. The first kappa shape index (κ1) is 18.1. The summed E-state index contributed by atoms with van der Waals surface area (Å²) in [5.41, 5.74) is -0.681. The number of carboxylic acid groups (broad SMARTS) is 1. The van der Waals surface area contributed by atoms with E-state index in [0.717, 1.165) is 0 Å². The van der Waals surface area contributed by atoms with Crippen molar-refractivity contribution in [1.29, 1.82) is 0 Å². The van der Waals surface area contributed by atoms with E-state index in [2.05, 4.69) is 0 Å². The quantitative estimate of drug-likeness (QED) is 0.497. The van der Waals surface area contributed by atoms with Crippen LogP contribution >= 0.6 is 0 Å². The molecule has 1 aromatic carbocycles. The van der Waals surface area contributed by atoms with Gasteiger partial charge in [0.25, 0.3) is 0 Å². The third kappa shape index (κ3) is 3.10. The Hall–Kier alpha value is -2.66. The smallest absolute Gasteiger partial charge is 0.336 e. The molecule has 1 saturated heterocycles. The van der Waals surface area contributed by atoms with Gasteiger partial charge in [0, 0.05) is 11.5 Å². The number of ether oxygens (including phenoxy) is 3. The lowest BCUT2D eigenvalue weighted by Gasteiger charge is -2.38. The predicted octanol–water partition coefficient (Wildman–Crippen LogP) is -0.927. The zero-order valence-electron chi connectivity index (χ0n) is 13.4. The third-order valence-electron chi connectivity index (χ3n) is 3.98. The Bertz CT molecular complexity index is 875. The van der Waals surface area contributed by atoms with Crippen LogP contribution in [-0.4, -0.2) is 64.2 Å². The molecule has 1 aromatic heterocycles. The molecular weight excluding hydrogens is 352 g/mol. The Labute approximate surface area is 145 Å². The van der Waals surface area contributed by atoms with Crippen LogP contribution in [0.5, 0.6) is 11.5 Å². The summed E-state index contributed by atoms with van der Waals surface area (Å²) in [6.07, 6.45) is -8.94. The van der Waals surface area contributed by atoms with Crippen LogP contribution in [0.3, 0.4) is 0 Å². The number of carbonyl (C=O) groups is 1. The summed E-state index contributed by atoms with van der Waals surface area (Å²) in [7, 11) is 1.33. The van der Waals surface area contributed by atoms with E-state index in [9.17, 15) is 24.9 Å². The molecule has 140 valence electrons. The second kappa shape index (κ2) is 6.92. The third-order valence-corrected chi connectivity index (χ3v) is 3.98. The monoisotopic (exact) mass is 368 g/mol. The van der Waals surface area contributed by atoms with Crippen molar-refractivity contribution in [2.45, 2.75) is 30.7 Å². The highest BCUT2D eigenvalue weighted by Gasteiger charge is 2.48. The molecule has 1 aliphatic heterocycles. The van der Waals surface area contributed by atoms with Gasteiger partial charge in [0.1, 0.15) is 18.3 Å². The molecule has 1 fully saturated rings.